The zero-order valence-corrected chi connectivity index (χ0v) is 24.6. The molecule has 0 spiro atoms. The van der Waals surface area contributed by atoms with E-state index in [4.69, 9.17) is 14.5 Å². The standard InChI is InChI=1S/C33H33FN8O2/c1-42(2)9-10-43-24-12-20(11-22(34)14-24)27-18-37-19-31-26(27)15-30(38-31)33-32-29(40-41-33)4-3-28(39-32)21-13-25(17-36-16-21)44-23-5-7-35-8-6-23/h3-4,11-19,23,35,38H,5-10H2,1-2H3,(H,40,41). The lowest BCUT2D eigenvalue weighted by molar-refractivity contribution is 0.162. The zero-order chi connectivity index (χ0) is 30.0. The highest BCUT2D eigenvalue weighted by Crippen LogP contribution is 2.35. The van der Waals surface area contributed by atoms with E-state index in [9.17, 15) is 4.39 Å². The van der Waals surface area contributed by atoms with Crippen LogP contribution >= 0.6 is 0 Å². The predicted octanol–water partition coefficient (Wildman–Crippen LogP) is 5.44. The minimum absolute atomic E-state index is 0.181. The summed E-state index contributed by atoms with van der Waals surface area (Å²) >= 11 is 0. The van der Waals surface area contributed by atoms with Crippen molar-refractivity contribution < 1.29 is 13.9 Å². The van der Waals surface area contributed by atoms with Crippen molar-refractivity contribution in [2.75, 3.05) is 40.3 Å². The number of ether oxygens (including phenoxy) is 2. The second-order valence-corrected chi connectivity index (χ2v) is 11.3. The number of likely N-dealkylation sites (N-methyl/N-ethyl adjacent to an activating group) is 1. The lowest BCUT2D eigenvalue weighted by Crippen LogP contribution is -2.34. The molecule has 0 bridgehead atoms. The molecule has 44 heavy (non-hydrogen) atoms. The van der Waals surface area contributed by atoms with E-state index >= 15 is 0 Å². The van der Waals surface area contributed by atoms with Gasteiger partial charge in [0.05, 0.1) is 34.8 Å². The second kappa shape index (κ2) is 12.0. The number of pyridine rings is 3. The van der Waals surface area contributed by atoms with E-state index in [2.05, 4.69) is 30.5 Å². The number of aromatic amines is 2. The molecule has 6 aromatic rings. The van der Waals surface area contributed by atoms with Gasteiger partial charge in [-0.3, -0.25) is 15.1 Å². The van der Waals surface area contributed by atoms with Gasteiger partial charge in [-0.05, 0) is 82.0 Å². The van der Waals surface area contributed by atoms with Gasteiger partial charge in [0, 0.05) is 41.5 Å². The molecule has 0 unspecified atom stereocenters. The molecule has 0 amide bonds. The number of H-pyrrole nitrogens is 2. The minimum Gasteiger partial charge on any atom is -0.492 e. The highest BCUT2D eigenvalue weighted by molar-refractivity contribution is 6.00. The van der Waals surface area contributed by atoms with Crippen LogP contribution in [-0.4, -0.2) is 81.5 Å². The number of nitrogens with zero attached hydrogens (tertiary/aromatic N) is 5. The molecule has 0 atom stereocenters. The van der Waals surface area contributed by atoms with Crippen LogP contribution in [0.15, 0.2) is 67.3 Å². The first-order valence-corrected chi connectivity index (χ1v) is 14.7. The SMILES string of the molecule is CN(C)CCOc1cc(F)cc(-c2cncc3[nH]c(-c4n[nH]c5ccc(-c6cncc(OC7CCNCC7)c6)nc45)cc23)c1. The Hall–Kier alpha value is -4.87. The number of rotatable bonds is 9. The van der Waals surface area contributed by atoms with Crippen molar-refractivity contribution in [1.82, 2.24) is 40.3 Å². The topological polar surface area (TPSA) is 117 Å². The number of benzene rings is 1. The predicted molar refractivity (Wildman–Crippen MR) is 168 cm³/mol. The van der Waals surface area contributed by atoms with Crippen molar-refractivity contribution in [1.29, 1.82) is 0 Å². The maximum Gasteiger partial charge on any atom is 0.138 e. The molecule has 0 saturated carbocycles. The highest BCUT2D eigenvalue weighted by Gasteiger charge is 2.18. The van der Waals surface area contributed by atoms with Gasteiger partial charge in [0.15, 0.2) is 0 Å². The minimum atomic E-state index is -0.371. The van der Waals surface area contributed by atoms with Gasteiger partial charge >= 0.3 is 0 Å². The summed E-state index contributed by atoms with van der Waals surface area (Å²) in [4.78, 5) is 19.3. The summed E-state index contributed by atoms with van der Waals surface area (Å²) < 4.78 is 26.7. The quantitative estimate of drug-likeness (QED) is 0.203. The molecule has 1 saturated heterocycles. The molecule has 0 radical (unpaired) electrons. The van der Waals surface area contributed by atoms with Crippen molar-refractivity contribution in [3.05, 3.63) is 73.1 Å². The van der Waals surface area contributed by atoms with Crippen molar-refractivity contribution in [3.63, 3.8) is 0 Å². The first-order chi connectivity index (χ1) is 21.5. The number of fused-ring (bicyclic) bond motifs is 2. The van der Waals surface area contributed by atoms with Gasteiger partial charge in [0.2, 0.25) is 0 Å². The Kier molecular flexibility index (Phi) is 7.63. The molecule has 7 rings (SSSR count). The molecular formula is C33H33FN8O2. The van der Waals surface area contributed by atoms with Gasteiger partial charge in [0.25, 0.3) is 0 Å². The average Bonchev–Trinajstić information content (AvgIpc) is 3.65. The van der Waals surface area contributed by atoms with Crippen LogP contribution in [0.25, 0.3) is 55.7 Å². The van der Waals surface area contributed by atoms with E-state index in [-0.39, 0.29) is 11.9 Å². The molecule has 1 fully saturated rings. The summed E-state index contributed by atoms with van der Waals surface area (Å²) in [7, 11) is 3.94. The molecule has 3 N–H and O–H groups in total. The molecular weight excluding hydrogens is 559 g/mol. The van der Waals surface area contributed by atoms with Crippen molar-refractivity contribution >= 4 is 21.9 Å². The Balaban J connectivity index is 1.21. The van der Waals surface area contributed by atoms with Crippen LogP contribution in [0.1, 0.15) is 12.8 Å². The fraction of sp³-hybridized carbons (Fsp3) is 0.273. The van der Waals surface area contributed by atoms with Gasteiger partial charge in [-0.15, -0.1) is 0 Å². The van der Waals surface area contributed by atoms with Crippen LogP contribution in [0.5, 0.6) is 11.5 Å². The Labute approximate surface area is 253 Å². The third kappa shape index (κ3) is 5.84. The van der Waals surface area contributed by atoms with Crippen LogP contribution < -0.4 is 14.8 Å². The van der Waals surface area contributed by atoms with Crippen LogP contribution in [-0.2, 0) is 0 Å². The van der Waals surface area contributed by atoms with Gasteiger partial charge in [-0.1, -0.05) is 0 Å². The fourth-order valence-corrected chi connectivity index (χ4v) is 5.53. The lowest BCUT2D eigenvalue weighted by atomic mass is 10.0. The Bertz CT molecular complexity index is 1930. The number of nitrogens with one attached hydrogen (secondary N) is 3. The van der Waals surface area contributed by atoms with E-state index in [1.807, 2.05) is 49.3 Å². The number of hydrogen-bond donors (Lipinski definition) is 3. The molecule has 6 heterocycles. The first-order valence-electron chi connectivity index (χ1n) is 14.7. The molecule has 5 aromatic heterocycles. The van der Waals surface area contributed by atoms with E-state index < -0.39 is 0 Å². The maximum absolute atomic E-state index is 14.7. The molecule has 1 aliphatic heterocycles. The molecule has 0 aliphatic carbocycles. The number of aromatic nitrogens is 6. The summed E-state index contributed by atoms with van der Waals surface area (Å²) in [5.74, 6) is 0.845. The maximum atomic E-state index is 14.7. The largest absolute Gasteiger partial charge is 0.492 e. The monoisotopic (exact) mass is 592 g/mol. The Morgan fingerprint density at radius 1 is 0.909 bits per heavy atom. The number of piperidine rings is 1. The summed E-state index contributed by atoms with van der Waals surface area (Å²) in [6.45, 7) is 3.10. The average molecular weight is 593 g/mol. The Morgan fingerprint density at radius 3 is 2.61 bits per heavy atom. The van der Waals surface area contributed by atoms with Crippen LogP contribution in [0.3, 0.4) is 0 Å². The van der Waals surface area contributed by atoms with Crippen molar-refractivity contribution in [3.8, 4) is 45.3 Å². The van der Waals surface area contributed by atoms with Crippen molar-refractivity contribution in [2.24, 2.45) is 0 Å². The van der Waals surface area contributed by atoms with E-state index in [1.165, 1.54) is 12.1 Å². The van der Waals surface area contributed by atoms with Gasteiger partial charge in [-0.2, -0.15) is 5.10 Å². The third-order valence-electron chi connectivity index (χ3n) is 7.80. The summed E-state index contributed by atoms with van der Waals surface area (Å²) in [5, 5.41) is 12.0. The van der Waals surface area contributed by atoms with Crippen LogP contribution in [0, 0.1) is 5.82 Å². The van der Waals surface area contributed by atoms with E-state index in [0.29, 0.717) is 23.6 Å². The van der Waals surface area contributed by atoms with E-state index in [0.717, 1.165) is 82.7 Å². The van der Waals surface area contributed by atoms with Crippen LogP contribution in [0.4, 0.5) is 4.39 Å². The van der Waals surface area contributed by atoms with Gasteiger partial charge in [0.1, 0.15) is 41.2 Å². The third-order valence-corrected chi connectivity index (χ3v) is 7.80. The Morgan fingerprint density at radius 2 is 1.75 bits per heavy atom. The van der Waals surface area contributed by atoms with Gasteiger partial charge in [-0.25, -0.2) is 9.37 Å². The smallest absolute Gasteiger partial charge is 0.138 e. The molecule has 10 nitrogen and oxygen atoms in total. The highest BCUT2D eigenvalue weighted by atomic mass is 19.1. The van der Waals surface area contributed by atoms with Crippen molar-refractivity contribution in [2.45, 2.75) is 18.9 Å². The van der Waals surface area contributed by atoms with Gasteiger partial charge < -0.3 is 24.7 Å². The lowest BCUT2D eigenvalue weighted by Gasteiger charge is -2.23. The summed E-state index contributed by atoms with van der Waals surface area (Å²) in [6, 6.07) is 12.6. The second-order valence-electron chi connectivity index (χ2n) is 11.3. The molecule has 1 aromatic carbocycles. The summed E-state index contributed by atoms with van der Waals surface area (Å²) in [5.41, 5.74) is 6.86. The summed E-state index contributed by atoms with van der Waals surface area (Å²) in [6.07, 6.45) is 9.16. The molecule has 11 heteroatoms. The normalized spacial score (nSPS) is 14.1. The number of halogens is 1. The zero-order valence-electron chi connectivity index (χ0n) is 24.6. The van der Waals surface area contributed by atoms with Crippen LogP contribution in [0.2, 0.25) is 0 Å². The van der Waals surface area contributed by atoms with E-state index in [1.54, 1.807) is 24.8 Å². The first kappa shape index (κ1) is 27.9. The molecule has 1 aliphatic rings. The fourth-order valence-electron chi connectivity index (χ4n) is 5.53. The molecule has 224 valence electrons. The number of hydrogen-bond acceptors (Lipinski definition) is 8.